The average Bonchev–Trinajstić information content (AvgIpc) is 3.08. The molecule has 48 heavy (non-hydrogen) atoms. The fourth-order valence-corrected chi connectivity index (χ4v) is 7.15. The van der Waals surface area contributed by atoms with Gasteiger partial charge in [0.15, 0.2) is 0 Å². The number of aliphatic imine (C=N–C) groups is 1. The Labute approximate surface area is 282 Å². The van der Waals surface area contributed by atoms with E-state index in [1.807, 2.05) is 7.05 Å². The van der Waals surface area contributed by atoms with Crippen LogP contribution < -0.4 is 10.6 Å². The van der Waals surface area contributed by atoms with E-state index in [0.29, 0.717) is 63.3 Å². The summed E-state index contributed by atoms with van der Waals surface area (Å²) in [6, 6.07) is 3.34. The number of likely N-dealkylation sites (N-methyl/N-ethyl adjacent to an activating group) is 1. The first-order valence-electron chi connectivity index (χ1n) is 17.6. The number of nitrogens with zero attached hydrogens (tertiary/aromatic N) is 3. The summed E-state index contributed by atoms with van der Waals surface area (Å²) >= 11 is 0. The molecule has 2 N–H and O–H groups in total. The normalized spacial score (nSPS) is 23.4. The second-order valence-electron chi connectivity index (χ2n) is 14.1. The Kier molecular flexibility index (Phi) is 13.2. The number of halogens is 3. The maximum absolute atomic E-state index is 15.6. The van der Waals surface area contributed by atoms with E-state index in [9.17, 15) is 19.2 Å². The van der Waals surface area contributed by atoms with Crippen molar-refractivity contribution in [2.24, 2.45) is 28.7 Å². The minimum absolute atomic E-state index is 0.114. The van der Waals surface area contributed by atoms with Crippen molar-refractivity contribution >= 4 is 35.5 Å². The van der Waals surface area contributed by atoms with Gasteiger partial charge in [-0.05, 0) is 62.3 Å². The van der Waals surface area contributed by atoms with E-state index in [2.05, 4.69) is 27.4 Å². The summed E-state index contributed by atoms with van der Waals surface area (Å²) in [7, 11) is 1.98. The molecular formula is C36H52F3N5O4. The lowest BCUT2D eigenvalue weighted by molar-refractivity contribution is -0.152. The molecule has 1 aromatic carbocycles. The third-order valence-electron chi connectivity index (χ3n) is 10.6. The number of amides is 4. The number of carbonyl (C=O) groups is 4. The summed E-state index contributed by atoms with van der Waals surface area (Å²) < 4.78 is 45.6. The molecule has 0 bridgehead atoms. The van der Waals surface area contributed by atoms with Crippen LogP contribution in [0.2, 0.25) is 0 Å². The van der Waals surface area contributed by atoms with Crippen LogP contribution in [0.4, 0.5) is 18.9 Å². The highest BCUT2D eigenvalue weighted by Crippen LogP contribution is 2.38. The zero-order chi connectivity index (χ0) is 35.0. The zero-order valence-electron chi connectivity index (χ0n) is 28.8. The minimum Gasteiger partial charge on any atom is -0.344 e. The second kappa shape index (κ2) is 16.9. The summed E-state index contributed by atoms with van der Waals surface area (Å²) in [6.07, 6.45) is 6.93. The molecule has 1 unspecified atom stereocenters. The Morgan fingerprint density at radius 2 is 1.65 bits per heavy atom. The van der Waals surface area contributed by atoms with Gasteiger partial charge in [-0.1, -0.05) is 58.9 Å². The molecule has 9 nitrogen and oxygen atoms in total. The summed E-state index contributed by atoms with van der Waals surface area (Å²) in [5, 5.41) is 5.42. The van der Waals surface area contributed by atoms with Gasteiger partial charge in [-0.25, -0.2) is 9.38 Å². The molecule has 1 heterocycles. The Balaban J connectivity index is 1.51. The Morgan fingerprint density at radius 3 is 2.25 bits per heavy atom. The lowest BCUT2D eigenvalue weighted by Crippen LogP contribution is -2.55. The largest absolute Gasteiger partial charge is 0.344 e. The number of hydrogen-bond acceptors (Lipinski definition) is 5. The van der Waals surface area contributed by atoms with Crippen molar-refractivity contribution in [3.8, 4) is 0 Å². The molecule has 4 rings (SSSR count). The lowest BCUT2D eigenvalue weighted by Gasteiger charge is -2.36. The van der Waals surface area contributed by atoms with Gasteiger partial charge in [0.05, 0.1) is 11.6 Å². The number of hydrogen-bond donors (Lipinski definition) is 2. The molecule has 4 amide bonds. The smallest absolute Gasteiger partial charge is 0.329 e. The van der Waals surface area contributed by atoms with Crippen LogP contribution in [-0.2, 0) is 19.2 Å². The van der Waals surface area contributed by atoms with E-state index < -0.39 is 47.3 Å². The maximum Gasteiger partial charge on any atom is 0.329 e. The van der Waals surface area contributed by atoms with Gasteiger partial charge >= 0.3 is 11.8 Å². The number of benzene rings is 1. The second-order valence-corrected chi connectivity index (χ2v) is 14.1. The fourth-order valence-electron chi connectivity index (χ4n) is 7.15. The standard InChI is InChI=1S/C36H52F3N5O4/c1-5-31(45)42-32(34(47)44-19-17-43(4)18-20-44)24(3)26-15-16-30(29(37)21-26)41-33(46)28(25-13-11-23(2)12-14-25)22-40-35(48)36(38,39)27-9-7-6-8-10-27/h15-16,21-25,27-28,32H,5-14,17-20H2,1-4H3,(H,41,46)(H,42,45)/b40-22+/t23-,24-,25-,28?,32+/m0/s1. The molecule has 3 atom stereocenters. The Hall–Kier alpha value is -3.28. The zero-order valence-corrected chi connectivity index (χ0v) is 28.8. The molecule has 266 valence electrons. The van der Waals surface area contributed by atoms with Gasteiger partial charge in [-0.3, -0.25) is 19.2 Å². The maximum atomic E-state index is 15.6. The topological polar surface area (TPSA) is 111 Å². The van der Waals surface area contributed by atoms with Crippen LogP contribution in [0, 0.1) is 29.5 Å². The van der Waals surface area contributed by atoms with Gasteiger partial charge in [0.1, 0.15) is 11.9 Å². The summed E-state index contributed by atoms with van der Waals surface area (Å²) in [6.45, 7) is 8.02. The molecule has 2 aliphatic carbocycles. The quantitative estimate of drug-likeness (QED) is 0.289. The van der Waals surface area contributed by atoms with Crippen LogP contribution in [0.25, 0.3) is 0 Å². The van der Waals surface area contributed by atoms with Crippen molar-refractivity contribution in [3.63, 3.8) is 0 Å². The first-order valence-corrected chi connectivity index (χ1v) is 17.6. The van der Waals surface area contributed by atoms with Gasteiger partial charge in [-0.2, -0.15) is 8.78 Å². The molecular weight excluding hydrogens is 623 g/mol. The SMILES string of the molecule is CCC(=O)N[C@@H](C(=O)N1CCN(C)CC1)[C@@H](C)c1ccc(NC(=O)C(/C=N/C(=O)C(F)(F)C2CCCCC2)[C@H]2CC[C@H](C)CC2)c(F)c1. The molecule has 0 spiro atoms. The highest BCUT2D eigenvalue weighted by Gasteiger charge is 2.47. The molecule has 1 aliphatic heterocycles. The van der Waals surface area contributed by atoms with Crippen molar-refractivity contribution in [1.29, 1.82) is 0 Å². The van der Waals surface area contributed by atoms with Gasteiger partial charge in [0.2, 0.25) is 17.7 Å². The third-order valence-corrected chi connectivity index (χ3v) is 10.6. The number of nitrogens with one attached hydrogen (secondary N) is 2. The highest BCUT2D eigenvalue weighted by atomic mass is 19.3. The lowest BCUT2D eigenvalue weighted by atomic mass is 9.76. The number of rotatable bonds is 11. The Bertz CT molecular complexity index is 1320. The Morgan fingerprint density at radius 1 is 1.00 bits per heavy atom. The van der Waals surface area contributed by atoms with Crippen molar-refractivity contribution in [1.82, 2.24) is 15.1 Å². The van der Waals surface area contributed by atoms with Crippen LogP contribution in [-0.4, -0.2) is 84.8 Å². The number of piperazine rings is 1. The highest BCUT2D eigenvalue weighted by molar-refractivity contribution is 6.04. The first-order chi connectivity index (χ1) is 22.8. The van der Waals surface area contributed by atoms with Crippen LogP contribution in [0.5, 0.6) is 0 Å². The number of anilines is 1. The molecule has 1 saturated heterocycles. The third kappa shape index (κ3) is 9.45. The van der Waals surface area contributed by atoms with Crippen molar-refractivity contribution in [3.05, 3.63) is 29.6 Å². The monoisotopic (exact) mass is 675 g/mol. The first kappa shape index (κ1) is 37.5. The molecule has 3 aliphatic rings. The number of alkyl halides is 2. The van der Waals surface area contributed by atoms with Crippen molar-refractivity contribution < 1.29 is 32.3 Å². The predicted molar refractivity (Wildman–Crippen MR) is 179 cm³/mol. The molecule has 2 saturated carbocycles. The van der Waals surface area contributed by atoms with E-state index in [1.54, 1.807) is 24.8 Å². The van der Waals surface area contributed by atoms with Gasteiger partial charge < -0.3 is 20.4 Å². The van der Waals surface area contributed by atoms with Gasteiger partial charge in [-0.15, -0.1) is 0 Å². The number of carbonyl (C=O) groups excluding carboxylic acids is 4. The van der Waals surface area contributed by atoms with E-state index in [-0.39, 0.29) is 42.7 Å². The van der Waals surface area contributed by atoms with Crippen LogP contribution in [0.15, 0.2) is 23.2 Å². The van der Waals surface area contributed by atoms with Crippen LogP contribution in [0.3, 0.4) is 0 Å². The molecule has 0 aromatic heterocycles. The van der Waals surface area contributed by atoms with Crippen molar-refractivity contribution in [2.75, 3.05) is 38.5 Å². The summed E-state index contributed by atoms with van der Waals surface area (Å²) in [5.41, 5.74) is 0.348. The molecule has 1 aromatic rings. The predicted octanol–water partition coefficient (Wildman–Crippen LogP) is 5.79. The van der Waals surface area contributed by atoms with Crippen LogP contribution in [0.1, 0.15) is 96.5 Å². The fraction of sp³-hybridized carbons (Fsp3) is 0.694. The van der Waals surface area contributed by atoms with E-state index in [1.165, 1.54) is 12.1 Å². The van der Waals surface area contributed by atoms with Crippen LogP contribution >= 0.6 is 0 Å². The summed E-state index contributed by atoms with van der Waals surface area (Å²) in [4.78, 5) is 59.7. The molecule has 12 heteroatoms. The van der Waals surface area contributed by atoms with E-state index in [0.717, 1.165) is 25.5 Å². The summed E-state index contributed by atoms with van der Waals surface area (Å²) in [5.74, 6) is -9.41. The molecule has 3 fully saturated rings. The average molecular weight is 676 g/mol. The van der Waals surface area contributed by atoms with Gasteiger partial charge in [0, 0.05) is 50.7 Å². The van der Waals surface area contributed by atoms with E-state index in [4.69, 9.17) is 0 Å². The minimum atomic E-state index is -3.60. The van der Waals surface area contributed by atoms with Crippen molar-refractivity contribution in [2.45, 2.75) is 103 Å². The van der Waals surface area contributed by atoms with E-state index >= 15 is 13.2 Å². The van der Waals surface area contributed by atoms with Gasteiger partial charge in [0.25, 0.3) is 0 Å². The molecule has 0 radical (unpaired) electrons.